The fourth-order valence-electron chi connectivity index (χ4n) is 0.712. The number of alkyl halides is 3. The van der Waals surface area contributed by atoms with Gasteiger partial charge in [0.1, 0.15) is 11.5 Å². The minimum atomic E-state index is -4.37. The summed E-state index contributed by atoms with van der Waals surface area (Å²) in [6.07, 6.45) is -3.64. The Balaban J connectivity index is 2.92. The molecule has 3 N–H and O–H groups in total. The second-order valence-corrected chi connectivity index (χ2v) is 2.47. The van der Waals surface area contributed by atoms with Crippen LogP contribution in [0.3, 0.4) is 0 Å². The molecule has 0 saturated heterocycles. The van der Waals surface area contributed by atoms with Crippen LogP contribution >= 0.6 is 0 Å². The third-order valence-corrected chi connectivity index (χ3v) is 1.33. The van der Waals surface area contributed by atoms with Crippen LogP contribution in [0.15, 0.2) is 6.20 Å². The fourth-order valence-corrected chi connectivity index (χ4v) is 0.712. The van der Waals surface area contributed by atoms with E-state index in [1.165, 1.54) is 0 Å². The summed E-state index contributed by atoms with van der Waals surface area (Å²) in [6, 6.07) is -0.513. The average Bonchev–Trinajstić information content (AvgIpc) is 2.30. The van der Waals surface area contributed by atoms with E-state index in [1.54, 1.807) is 6.92 Å². The Morgan fingerprint density at radius 3 is 2.42 bits per heavy atom. The van der Waals surface area contributed by atoms with Crippen LogP contribution in [0.1, 0.15) is 24.5 Å². The van der Waals surface area contributed by atoms with Crippen molar-refractivity contribution in [2.24, 2.45) is 5.73 Å². The Kier molecular flexibility index (Phi) is 2.10. The van der Waals surface area contributed by atoms with Gasteiger partial charge in [-0.05, 0) is 6.92 Å². The number of imidazole rings is 1. The second kappa shape index (κ2) is 2.78. The molecule has 6 heteroatoms. The second-order valence-electron chi connectivity index (χ2n) is 2.47. The highest BCUT2D eigenvalue weighted by atomic mass is 19.4. The Bertz CT molecular complexity index is 263. The summed E-state index contributed by atoms with van der Waals surface area (Å²) in [5.74, 6) is 0.141. The van der Waals surface area contributed by atoms with Crippen LogP contribution in [0.5, 0.6) is 0 Å². The molecule has 1 atom stereocenters. The molecule has 0 fully saturated rings. The molecule has 1 heterocycles. The molecule has 3 nitrogen and oxygen atoms in total. The van der Waals surface area contributed by atoms with E-state index in [4.69, 9.17) is 5.73 Å². The van der Waals surface area contributed by atoms with E-state index < -0.39 is 17.9 Å². The third kappa shape index (κ3) is 1.76. The number of hydrogen-bond donors (Lipinski definition) is 2. The molecule has 0 aliphatic carbocycles. The van der Waals surface area contributed by atoms with Crippen molar-refractivity contribution in [3.8, 4) is 0 Å². The smallest absolute Gasteiger partial charge is 0.337 e. The number of halogens is 3. The lowest BCUT2D eigenvalue weighted by molar-refractivity contribution is -0.140. The summed E-state index contributed by atoms with van der Waals surface area (Å²) >= 11 is 0. The van der Waals surface area contributed by atoms with E-state index >= 15 is 0 Å². The zero-order valence-corrected chi connectivity index (χ0v) is 6.31. The van der Waals surface area contributed by atoms with Gasteiger partial charge in [-0.15, -0.1) is 0 Å². The van der Waals surface area contributed by atoms with Gasteiger partial charge in [-0.1, -0.05) is 0 Å². The van der Waals surface area contributed by atoms with E-state index in [-0.39, 0.29) is 5.82 Å². The maximum atomic E-state index is 12.0. The van der Waals surface area contributed by atoms with Gasteiger partial charge in [-0.25, -0.2) is 4.98 Å². The number of aromatic amines is 1. The SMILES string of the molecule is C[C@H](N)c1ncc(C(F)(F)F)[nH]1. The van der Waals surface area contributed by atoms with Crippen molar-refractivity contribution in [1.29, 1.82) is 0 Å². The van der Waals surface area contributed by atoms with Gasteiger partial charge in [0.05, 0.1) is 12.2 Å². The largest absolute Gasteiger partial charge is 0.432 e. The maximum absolute atomic E-state index is 12.0. The quantitative estimate of drug-likeness (QED) is 0.685. The summed E-state index contributed by atoms with van der Waals surface area (Å²) in [6.45, 7) is 1.55. The lowest BCUT2D eigenvalue weighted by Crippen LogP contribution is -2.09. The number of nitrogens with one attached hydrogen (secondary N) is 1. The zero-order valence-electron chi connectivity index (χ0n) is 6.31. The van der Waals surface area contributed by atoms with Crippen LogP contribution in [-0.4, -0.2) is 9.97 Å². The molecular weight excluding hydrogens is 171 g/mol. The van der Waals surface area contributed by atoms with Crippen LogP contribution in [-0.2, 0) is 6.18 Å². The molecule has 0 saturated carbocycles. The van der Waals surface area contributed by atoms with Crippen molar-refractivity contribution in [2.45, 2.75) is 19.1 Å². The molecule has 1 aromatic rings. The third-order valence-electron chi connectivity index (χ3n) is 1.33. The zero-order chi connectivity index (χ0) is 9.35. The van der Waals surface area contributed by atoms with Crippen molar-refractivity contribution in [3.63, 3.8) is 0 Å². The summed E-state index contributed by atoms with van der Waals surface area (Å²) in [4.78, 5) is 5.57. The highest BCUT2D eigenvalue weighted by Crippen LogP contribution is 2.27. The van der Waals surface area contributed by atoms with Crippen LogP contribution in [0.4, 0.5) is 13.2 Å². The summed E-state index contributed by atoms with van der Waals surface area (Å²) < 4.78 is 35.9. The van der Waals surface area contributed by atoms with Crippen molar-refractivity contribution in [2.75, 3.05) is 0 Å². The minimum Gasteiger partial charge on any atom is -0.337 e. The summed E-state index contributed by atoms with van der Waals surface area (Å²) in [5, 5.41) is 0. The van der Waals surface area contributed by atoms with Crippen molar-refractivity contribution >= 4 is 0 Å². The Labute approximate surface area is 66.8 Å². The van der Waals surface area contributed by atoms with Crippen molar-refractivity contribution in [3.05, 3.63) is 17.7 Å². The molecule has 0 aliphatic heterocycles. The molecular formula is C6H8F3N3. The highest BCUT2D eigenvalue weighted by Gasteiger charge is 2.33. The van der Waals surface area contributed by atoms with Gasteiger partial charge >= 0.3 is 6.18 Å². The molecule has 0 radical (unpaired) electrons. The standard InChI is InChI=1S/C6H8F3N3/c1-3(10)5-11-2-4(12-5)6(7,8)9/h2-3H,10H2,1H3,(H,11,12)/t3-/m0/s1. The minimum absolute atomic E-state index is 0.141. The predicted molar refractivity (Wildman–Crippen MR) is 36.2 cm³/mol. The molecule has 1 aromatic heterocycles. The first-order valence-electron chi connectivity index (χ1n) is 3.29. The Hall–Kier alpha value is -1.04. The number of H-pyrrole nitrogens is 1. The van der Waals surface area contributed by atoms with Gasteiger partial charge in [0.2, 0.25) is 0 Å². The molecule has 0 unspecified atom stereocenters. The summed E-state index contributed by atoms with van der Waals surface area (Å²) in [7, 11) is 0. The molecule has 0 spiro atoms. The van der Waals surface area contributed by atoms with E-state index in [0.29, 0.717) is 0 Å². The van der Waals surface area contributed by atoms with Crippen LogP contribution in [0.25, 0.3) is 0 Å². The highest BCUT2D eigenvalue weighted by molar-refractivity contribution is 5.06. The van der Waals surface area contributed by atoms with Gasteiger partial charge in [0.15, 0.2) is 0 Å². The van der Waals surface area contributed by atoms with Gasteiger partial charge < -0.3 is 10.7 Å². The van der Waals surface area contributed by atoms with Crippen molar-refractivity contribution in [1.82, 2.24) is 9.97 Å². The Morgan fingerprint density at radius 1 is 1.58 bits per heavy atom. The van der Waals surface area contributed by atoms with Gasteiger partial charge in [-0.3, -0.25) is 0 Å². The summed E-state index contributed by atoms with van der Waals surface area (Å²) in [5.41, 5.74) is 4.44. The molecule has 0 aliphatic rings. The number of aromatic nitrogens is 2. The number of hydrogen-bond acceptors (Lipinski definition) is 2. The van der Waals surface area contributed by atoms with Gasteiger partial charge in [0.25, 0.3) is 0 Å². The van der Waals surface area contributed by atoms with E-state index in [1.807, 2.05) is 0 Å². The molecule has 1 rings (SSSR count). The van der Waals surface area contributed by atoms with Crippen molar-refractivity contribution < 1.29 is 13.2 Å². The first-order chi connectivity index (χ1) is 5.41. The van der Waals surface area contributed by atoms with Gasteiger partial charge in [-0.2, -0.15) is 13.2 Å². The van der Waals surface area contributed by atoms with Crippen LogP contribution < -0.4 is 5.73 Å². The fraction of sp³-hybridized carbons (Fsp3) is 0.500. The first kappa shape index (κ1) is 9.05. The van der Waals surface area contributed by atoms with E-state index in [9.17, 15) is 13.2 Å². The normalized spacial score (nSPS) is 14.8. The Morgan fingerprint density at radius 2 is 2.17 bits per heavy atom. The molecule has 0 aromatic carbocycles. The van der Waals surface area contributed by atoms with Crippen LogP contribution in [0.2, 0.25) is 0 Å². The lowest BCUT2D eigenvalue weighted by atomic mass is 10.3. The molecule has 0 bridgehead atoms. The van der Waals surface area contributed by atoms with E-state index in [2.05, 4.69) is 9.97 Å². The topological polar surface area (TPSA) is 54.7 Å². The number of rotatable bonds is 1. The maximum Gasteiger partial charge on any atom is 0.432 e. The molecule has 12 heavy (non-hydrogen) atoms. The van der Waals surface area contributed by atoms with Crippen LogP contribution in [0, 0.1) is 0 Å². The van der Waals surface area contributed by atoms with Gasteiger partial charge in [0, 0.05) is 0 Å². The van der Waals surface area contributed by atoms with E-state index in [0.717, 1.165) is 6.20 Å². The number of nitrogens with two attached hydrogens (primary N) is 1. The average molecular weight is 179 g/mol. The first-order valence-corrected chi connectivity index (χ1v) is 3.29. The molecule has 68 valence electrons. The predicted octanol–water partition coefficient (Wildman–Crippen LogP) is 1.45. The lowest BCUT2D eigenvalue weighted by Gasteiger charge is -2.02. The number of nitrogens with zero attached hydrogens (tertiary/aromatic N) is 1. The monoisotopic (exact) mass is 179 g/mol. The molecule has 0 amide bonds.